The van der Waals surface area contributed by atoms with Crippen molar-refractivity contribution in [2.24, 2.45) is 5.10 Å². The average Bonchev–Trinajstić information content (AvgIpc) is 3.45. The molecule has 3 aromatic carbocycles. The Hall–Kier alpha value is -4.43. The number of anilines is 1. The van der Waals surface area contributed by atoms with Crippen LogP contribution in [0, 0.1) is 0 Å². The van der Waals surface area contributed by atoms with Gasteiger partial charge in [0.1, 0.15) is 17.6 Å². The molecule has 1 saturated heterocycles. The Bertz CT molecular complexity index is 1980. The lowest BCUT2D eigenvalue weighted by Crippen LogP contribution is -2.40. The maximum absolute atomic E-state index is 13.8. The van der Waals surface area contributed by atoms with E-state index >= 15 is 0 Å². The van der Waals surface area contributed by atoms with Gasteiger partial charge in [0.25, 0.3) is 5.91 Å². The lowest BCUT2D eigenvalue weighted by atomic mass is 10.2. The molecule has 42 heavy (non-hydrogen) atoms. The van der Waals surface area contributed by atoms with Crippen LogP contribution in [-0.4, -0.2) is 63.2 Å². The van der Waals surface area contributed by atoms with E-state index in [1.165, 1.54) is 52.4 Å². The lowest BCUT2D eigenvalue weighted by molar-refractivity contribution is 0.0730. The zero-order valence-corrected chi connectivity index (χ0v) is 23.9. The maximum atomic E-state index is 13.8. The quantitative estimate of drug-likeness (QED) is 0.200. The molecule has 214 valence electrons. The molecule has 1 amide bonds. The standard InChI is InChI=1S/C29H24N4O7S2/c1-38-21-8-11-24-26(16-21)41-29(31-24)33(30-17-20-18-40-25-5-3-2-4-23(25)27(20)34)28(35)19-6-9-22(10-7-19)42(36,37)32-12-14-39-15-13-32/h2-11,16-18H,12-15H2,1H3/b30-17+. The molecular weight excluding hydrogens is 580 g/mol. The van der Waals surface area contributed by atoms with Gasteiger partial charge in [0, 0.05) is 18.7 Å². The summed E-state index contributed by atoms with van der Waals surface area (Å²) >= 11 is 1.21. The molecule has 0 spiro atoms. The third-order valence-electron chi connectivity index (χ3n) is 6.69. The van der Waals surface area contributed by atoms with Crippen molar-refractivity contribution in [3.05, 3.63) is 94.3 Å². The van der Waals surface area contributed by atoms with Gasteiger partial charge >= 0.3 is 0 Å². The molecule has 0 unspecified atom stereocenters. The van der Waals surface area contributed by atoms with Crippen molar-refractivity contribution in [3.8, 4) is 5.75 Å². The fourth-order valence-corrected chi connectivity index (χ4v) is 6.79. The Balaban J connectivity index is 1.37. The second kappa shape index (κ2) is 11.4. The summed E-state index contributed by atoms with van der Waals surface area (Å²) in [6, 6.07) is 17.8. The normalized spacial score (nSPS) is 14.5. The van der Waals surface area contributed by atoms with Crippen LogP contribution >= 0.6 is 11.3 Å². The van der Waals surface area contributed by atoms with Gasteiger partial charge in [-0.1, -0.05) is 23.5 Å². The predicted octanol–water partition coefficient (Wildman–Crippen LogP) is 4.11. The molecule has 0 bridgehead atoms. The average molecular weight is 605 g/mol. The highest BCUT2D eigenvalue weighted by molar-refractivity contribution is 7.89. The van der Waals surface area contributed by atoms with Gasteiger partial charge < -0.3 is 13.9 Å². The number of sulfonamides is 1. The number of morpholine rings is 1. The summed E-state index contributed by atoms with van der Waals surface area (Å²) in [6.07, 6.45) is 2.53. The fourth-order valence-electron chi connectivity index (χ4n) is 4.43. The van der Waals surface area contributed by atoms with Crippen LogP contribution < -0.4 is 15.2 Å². The van der Waals surface area contributed by atoms with Crippen molar-refractivity contribution in [2.45, 2.75) is 4.90 Å². The largest absolute Gasteiger partial charge is 0.497 e. The Morgan fingerprint density at radius 2 is 1.86 bits per heavy atom. The molecule has 5 aromatic rings. The predicted molar refractivity (Wildman–Crippen MR) is 159 cm³/mol. The van der Waals surface area contributed by atoms with Crippen LogP contribution in [0.1, 0.15) is 15.9 Å². The van der Waals surface area contributed by atoms with E-state index in [2.05, 4.69) is 10.1 Å². The first-order valence-corrected chi connectivity index (χ1v) is 15.1. The minimum Gasteiger partial charge on any atom is -0.497 e. The van der Waals surface area contributed by atoms with Gasteiger partial charge in [-0.25, -0.2) is 13.4 Å². The Morgan fingerprint density at radius 1 is 1.10 bits per heavy atom. The van der Waals surface area contributed by atoms with Crippen LogP contribution in [0.2, 0.25) is 0 Å². The van der Waals surface area contributed by atoms with Gasteiger partial charge in [0.05, 0.1) is 52.6 Å². The smallest absolute Gasteiger partial charge is 0.280 e. The summed E-state index contributed by atoms with van der Waals surface area (Å²) in [5, 5.41) is 6.07. The number of carbonyl (C=O) groups is 1. The number of hydrogen-bond acceptors (Lipinski definition) is 10. The molecule has 11 nitrogen and oxygen atoms in total. The van der Waals surface area contributed by atoms with Crippen LogP contribution in [-0.2, 0) is 14.8 Å². The fraction of sp³-hybridized carbons (Fsp3) is 0.172. The summed E-state index contributed by atoms with van der Waals surface area (Å²) in [7, 11) is -2.18. The molecule has 1 aliphatic heterocycles. The number of benzene rings is 3. The number of thiazole rings is 1. The van der Waals surface area contributed by atoms with Crippen LogP contribution in [0.4, 0.5) is 5.13 Å². The highest BCUT2D eigenvalue weighted by Gasteiger charge is 2.27. The van der Waals surface area contributed by atoms with Crippen molar-refractivity contribution in [1.82, 2.24) is 9.29 Å². The second-order valence-corrected chi connectivity index (χ2v) is 12.2. The van der Waals surface area contributed by atoms with Crippen LogP contribution in [0.15, 0.2) is 92.2 Å². The summed E-state index contributed by atoms with van der Waals surface area (Å²) in [5.74, 6) is 0.0580. The van der Waals surface area contributed by atoms with Gasteiger partial charge in [0.2, 0.25) is 20.6 Å². The number of carbonyl (C=O) groups excluding carboxylic acids is 1. The van der Waals surface area contributed by atoms with Crippen molar-refractivity contribution >= 4 is 59.8 Å². The summed E-state index contributed by atoms with van der Waals surface area (Å²) < 4.78 is 44.4. The zero-order valence-electron chi connectivity index (χ0n) is 22.3. The highest BCUT2D eigenvalue weighted by Crippen LogP contribution is 2.32. The Morgan fingerprint density at radius 3 is 2.62 bits per heavy atom. The van der Waals surface area contributed by atoms with Gasteiger partial charge in [-0.05, 0) is 54.6 Å². The first-order valence-electron chi connectivity index (χ1n) is 12.9. The topological polar surface area (TPSA) is 132 Å². The van der Waals surface area contributed by atoms with Gasteiger partial charge in [-0.2, -0.15) is 14.4 Å². The van der Waals surface area contributed by atoms with E-state index < -0.39 is 15.9 Å². The van der Waals surface area contributed by atoms with Gasteiger partial charge in [-0.3, -0.25) is 9.59 Å². The third kappa shape index (κ3) is 5.30. The van der Waals surface area contributed by atoms with Crippen LogP contribution in [0.25, 0.3) is 21.2 Å². The Kier molecular flexibility index (Phi) is 7.56. The van der Waals surface area contributed by atoms with E-state index in [1.54, 1.807) is 49.6 Å². The number of aromatic nitrogens is 1. The molecule has 0 atom stereocenters. The maximum Gasteiger partial charge on any atom is 0.280 e. The van der Waals surface area contributed by atoms with Crippen molar-refractivity contribution in [3.63, 3.8) is 0 Å². The van der Waals surface area contributed by atoms with E-state index in [4.69, 9.17) is 13.9 Å². The molecule has 0 aliphatic carbocycles. The van der Waals surface area contributed by atoms with E-state index in [-0.39, 0.29) is 39.7 Å². The minimum atomic E-state index is -3.74. The van der Waals surface area contributed by atoms with E-state index in [1.807, 2.05) is 0 Å². The zero-order chi connectivity index (χ0) is 29.3. The van der Waals surface area contributed by atoms with Crippen LogP contribution in [0.5, 0.6) is 5.75 Å². The number of amides is 1. The molecule has 3 heterocycles. The van der Waals surface area contributed by atoms with E-state index in [0.29, 0.717) is 35.4 Å². The SMILES string of the molecule is COc1ccc2nc(N(/N=C/c3coc4ccccc4c3=O)C(=O)c3ccc(S(=O)(=O)N4CCOCC4)cc3)sc2c1. The number of ether oxygens (including phenoxy) is 2. The molecule has 1 aliphatic rings. The lowest BCUT2D eigenvalue weighted by Gasteiger charge is -2.26. The molecule has 0 N–H and O–H groups in total. The molecule has 2 aromatic heterocycles. The molecule has 1 fully saturated rings. The molecule has 0 radical (unpaired) electrons. The number of nitrogens with zero attached hydrogens (tertiary/aromatic N) is 4. The third-order valence-corrected chi connectivity index (χ3v) is 9.59. The summed E-state index contributed by atoms with van der Waals surface area (Å²) in [4.78, 5) is 31.5. The second-order valence-electron chi connectivity index (χ2n) is 9.25. The number of rotatable bonds is 7. The van der Waals surface area contributed by atoms with Gasteiger partial charge in [0.15, 0.2) is 0 Å². The first kappa shape index (κ1) is 27.7. The molecule has 0 saturated carbocycles. The highest BCUT2D eigenvalue weighted by atomic mass is 32.2. The monoisotopic (exact) mass is 604 g/mol. The number of hydrazone groups is 1. The number of fused-ring (bicyclic) bond motifs is 2. The van der Waals surface area contributed by atoms with Crippen molar-refractivity contribution in [1.29, 1.82) is 0 Å². The van der Waals surface area contributed by atoms with E-state index in [0.717, 1.165) is 9.71 Å². The van der Waals surface area contributed by atoms with E-state index in [9.17, 15) is 18.0 Å². The molecule has 6 rings (SSSR count). The number of para-hydroxylation sites is 1. The molecule has 13 heteroatoms. The van der Waals surface area contributed by atoms with Crippen molar-refractivity contribution < 1.29 is 27.1 Å². The summed E-state index contributed by atoms with van der Waals surface area (Å²) in [6.45, 7) is 1.17. The number of hydrogen-bond donors (Lipinski definition) is 0. The minimum absolute atomic E-state index is 0.0665. The van der Waals surface area contributed by atoms with Gasteiger partial charge in [-0.15, -0.1) is 0 Å². The number of methoxy groups -OCH3 is 1. The Labute approximate surface area is 244 Å². The molecular formula is C29H24N4O7S2. The first-order chi connectivity index (χ1) is 20.3. The van der Waals surface area contributed by atoms with Crippen molar-refractivity contribution in [2.75, 3.05) is 38.4 Å². The summed E-state index contributed by atoms with van der Waals surface area (Å²) in [5.41, 5.74) is 1.07. The van der Waals surface area contributed by atoms with Crippen LogP contribution in [0.3, 0.4) is 0 Å².